The highest BCUT2D eigenvalue weighted by atomic mass is 16.3. The van der Waals surface area contributed by atoms with Crippen LogP contribution in [0.1, 0.15) is 63.9 Å². The molecule has 4 N–H and O–H groups in total. The number of benzene rings is 1. The maximum absolute atomic E-state index is 12.3. The van der Waals surface area contributed by atoms with Gasteiger partial charge < -0.3 is 16.2 Å². The normalized spacial score (nSPS) is 11.3. The van der Waals surface area contributed by atoms with Crippen LogP contribution in [-0.2, 0) is 9.59 Å². The number of unbranched alkanes of at least 4 members (excludes halogenated alkanes) is 6. The number of hydrogen-bond acceptors (Lipinski definition) is 3. The zero-order chi connectivity index (χ0) is 18.5. The molecule has 2 amide bonds. The molecule has 0 bridgehead atoms. The van der Waals surface area contributed by atoms with Crippen LogP contribution in [0.4, 0.5) is 0 Å². The first-order valence-corrected chi connectivity index (χ1v) is 9.09. The van der Waals surface area contributed by atoms with Gasteiger partial charge in [0, 0.05) is 12.1 Å². The summed E-state index contributed by atoms with van der Waals surface area (Å²) in [5.74, 6) is -0.661. The van der Waals surface area contributed by atoms with Gasteiger partial charge >= 0.3 is 0 Å². The molecule has 25 heavy (non-hydrogen) atoms. The van der Waals surface area contributed by atoms with Crippen molar-refractivity contribution in [1.82, 2.24) is 5.32 Å². The van der Waals surface area contributed by atoms with Crippen molar-refractivity contribution >= 4 is 17.9 Å². The largest absolute Gasteiger partial charge is 0.508 e. The van der Waals surface area contributed by atoms with Crippen molar-refractivity contribution in [3.05, 3.63) is 35.4 Å². The summed E-state index contributed by atoms with van der Waals surface area (Å²) in [6, 6.07) is 6.42. The number of phenols is 1. The van der Waals surface area contributed by atoms with Gasteiger partial charge in [-0.1, -0.05) is 57.6 Å². The molecular weight excluding hydrogens is 316 g/mol. The van der Waals surface area contributed by atoms with Gasteiger partial charge in [-0.25, -0.2) is 0 Å². The van der Waals surface area contributed by atoms with Crippen molar-refractivity contribution in [1.29, 1.82) is 0 Å². The average molecular weight is 346 g/mol. The van der Waals surface area contributed by atoms with Gasteiger partial charge in [0.05, 0.1) is 6.42 Å². The predicted octanol–water partition coefficient (Wildman–Crippen LogP) is 3.52. The Bertz CT molecular complexity index is 565. The molecule has 138 valence electrons. The van der Waals surface area contributed by atoms with E-state index in [2.05, 4.69) is 12.2 Å². The number of nitrogens with two attached hydrogens (primary N) is 1. The molecule has 0 spiro atoms. The quantitative estimate of drug-likeness (QED) is 0.399. The lowest BCUT2D eigenvalue weighted by atomic mass is 10.1. The molecule has 0 aliphatic heterocycles. The molecule has 5 heteroatoms. The fourth-order valence-corrected chi connectivity index (χ4v) is 2.55. The Labute approximate surface area is 150 Å². The van der Waals surface area contributed by atoms with E-state index in [1.54, 1.807) is 18.2 Å². The zero-order valence-corrected chi connectivity index (χ0v) is 15.1. The van der Waals surface area contributed by atoms with Crippen LogP contribution in [0.3, 0.4) is 0 Å². The highest BCUT2D eigenvalue weighted by Crippen LogP contribution is 2.14. The van der Waals surface area contributed by atoms with Crippen LogP contribution in [0.15, 0.2) is 29.8 Å². The topological polar surface area (TPSA) is 92.4 Å². The fraction of sp³-hybridized carbons (Fsp3) is 0.500. The summed E-state index contributed by atoms with van der Waals surface area (Å²) in [6.07, 6.45) is 9.79. The minimum absolute atomic E-state index is 0.107. The smallest absolute Gasteiger partial charge is 0.247 e. The van der Waals surface area contributed by atoms with Gasteiger partial charge in [0.25, 0.3) is 0 Å². The summed E-state index contributed by atoms with van der Waals surface area (Å²) < 4.78 is 0. The number of carbonyl (C=O) groups is 2. The van der Waals surface area contributed by atoms with Crippen molar-refractivity contribution in [2.75, 3.05) is 6.54 Å². The Balaban J connectivity index is 2.46. The second-order valence-electron chi connectivity index (χ2n) is 6.28. The second kappa shape index (κ2) is 12.1. The molecule has 0 heterocycles. The minimum Gasteiger partial charge on any atom is -0.508 e. The number of carbonyl (C=O) groups excluding carboxylic acids is 2. The van der Waals surface area contributed by atoms with Gasteiger partial charge in [-0.3, -0.25) is 9.59 Å². The Morgan fingerprint density at radius 3 is 2.24 bits per heavy atom. The monoisotopic (exact) mass is 346 g/mol. The number of amides is 2. The molecule has 1 aromatic carbocycles. The summed E-state index contributed by atoms with van der Waals surface area (Å²) >= 11 is 0. The van der Waals surface area contributed by atoms with E-state index in [-0.39, 0.29) is 18.1 Å². The summed E-state index contributed by atoms with van der Waals surface area (Å²) in [5, 5.41) is 12.2. The molecule has 0 aliphatic carbocycles. The van der Waals surface area contributed by atoms with Crippen molar-refractivity contribution in [3.8, 4) is 5.75 Å². The van der Waals surface area contributed by atoms with Gasteiger partial charge in [0.2, 0.25) is 11.8 Å². The number of phenolic OH excluding ortho intramolecular Hbond substituents is 1. The maximum atomic E-state index is 12.3. The standard InChI is InChI=1S/C20H30N2O3/c1-2-3-4-5-6-7-8-13-22-20(25)17(15-19(21)24)14-16-9-11-18(23)12-10-16/h9-12,14,23H,2-8,13,15H2,1H3,(H2,21,24)(H,22,25)/b17-14+. The molecule has 0 saturated carbocycles. The lowest BCUT2D eigenvalue weighted by Gasteiger charge is -2.08. The number of nitrogens with one attached hydrogen (secondary N) is 1. The number of rotatable bonds is 12. The number of primary amides is 1. The highest BCUT2D eigenvalue weighted by Gasteiger charge is 2.12. The SMILES string of the molecule is CCCCCCCCCNC(=O)/C(=C/c1ccc(O)cc1)CC(N)=O. The first kappa shape index (κ1) is 20.7. The number of hydrogen-bond donors (Lipinski definition) is 3. The van der Waals surface area contributed by atoms with E-state index < -0.39 is 5.91 Å². The third-order valence-corrected chi connectivity index (χ3v) is 3.96. The lowest BCUT2D eigenvalue weighted by molar-refractivity contribution is -0.121. The highest BCUT2D eigenvalue weighted by molar-refractivity contribution is 6.02. The molecule has 1 rings (SSSR count). The molecule has 5 nitrogen and oxygen atoms in total. The van der Waals surface area contributed by atoms with E-state index >= 15 is 0 Å². The van der Waals surface area contributed by atoms with E-state index in [0.717, 1.165) is 18.4 Å². The average Bonchev–Trinajstić information content (AvgIpc) is 2.58. The zero-order valence-electron chi connectivity index (χ0n) is 15.1. The minimum atomic E-state index is -0.545. The van der Waals surface area contributed by atoms with Crippen molar-refractivity contribution < 1.29 is 14.7 Å². The van der Waals surface area contributed by atoms with Crippen molar-refractivity contribution in [2.24, 2.45) is 5.73 Å². The first-order valence-electron chi connectivity index (χ1n) is 9.09. The molecule has 0 saturated heterocycles. The van der Waals surface area contributed by atoms with Crippen LogP contribution in [-0.4, -0.2) is 23.5 Å². The first-order chi connectivity index (χ1) is 12.0. The van der Waals surface area contributed by atoms with Crippen LogP contribution in [0, 0.1) is 0 Å². The van der Waals surface area contributed by atoms with E-state index in [0.29, 0.717) is 12.1 Å². The van der Waals surface area contributed by atoms with Crippen LogP contribution < -0.4 is 11.1 Å². The number of aromatic hydroxyl groups is 1. The molecule has 0 aromatic heterocycles. The summed E-state index contributed by atoms with van der Waals surface area (Å²) in [7, 11) is 0. The van der Waals surface area contributed by atoms with E-state index in [4.69, 9.17) is 5.73 Å². The Hall–Kier alpha value is -2.30. The molecule has 0 atom stereocenters. The van der Waals surface area contributed by atoms with Gasteiger partial charge in [-0.2, -0.15) is 0 Å². The third kappa shape index (κ3) is 9.55. The summed E-state index contributed by atoms with van der Waals surface area (Å²) in [6.45, 7) is 2.79. The molecule has 1 aromatic rings. The van der Waals surface area contributed by atoms with Crippen LogP contribution in [0.5, 0.6) is 5.75 Å². The third-order valence-electron chi connectivity index (χ3n) is 3.96. The molecule has 0 aliphatic rings. The fourth-order valence-electron chi connectivity index (χ4n) is 2.55. The molecular formula is C20H30N2O3. The van der Waals surface area contributed by atoms with Gasteiger partial charge in [0.1, 0.15) is 5.75 Å². The van der Waals surface area contributed by atoms with Crippen LogP contribution >= 0.6 is 0 Å². The van der Waals surface area contributed by atoms with E-state index in [1.165, 1.54) is 44.2 Å². The Morgan fingerprint density at radius 2 is 1.64 bits per heavy atom. The summed E-state index contributed by atoms with van der Waals surface area (Å²) in [4.78, 5) is 23.5. The molecule has 0 fully saturated rings. The van der Waals surface area contributed by atoms with Gasteiger partial charge in [-0.05, 0) is 30.2 Å². The van der Waals surface area contributed by atoms with Crippen molar-refractivity contribution in [2.45, 2.75) is 58.3 Å². The predicted molar refractivity (Wildman–Crippen MR) is 101 cm³/mol. The second-order valence-corrected chi connectivity index (χ2v) is 6.28. The Morgan fingerprint density at radius 1 is 1.04 bits per heavy atom. The molecule has 0 unspecified atom stereocenters. The Kier molecular flexibility index (Phi) is 10.1. The van der Waals surface area contributed by atoms with Crippen molar-refractivity contribution in [3.63, 3.8) is 0 Å². The summed E-state index contributed by atoms with van der Waals surface area (Å²) in [5.41, 5.74) is 6.31. The van der Waals surface area contributed by atoms with E-state index in [9.17, 15) is 14.7 Å². The van der Waals surface area contributed by atoms with Crippen LogP contribution in [0.2, 0.25) is 0 Å². The lowest BCUT2D eigenvalue weighted by Crippen LogP contribution is -2.28. The van der Waals surface area contributed by atoms with E-state index in [1.807, 2.05) is 0 Å². The van der Waals surface area contributed by atoms with Gasteiger partial charge in [0.15, 0.2) is 0 Å². The van der Waals surface area contributed by atoms with Crippen LogP contribution in [0.25, 0.3) is 6.08 Å². The maximum Gasteiger partial charge on any atom is 0.247 e. The van der Waals surface area contributed by atoms with Gasteiger partial charge in [-0.15, -0.1) is 0 Å². The molecule has 0 radical (unpaired) electrons.